The van der Waals surface area contributed by atoms with Gasteiger partial charge in [0.1, 0.15) is 5.82 Å². The van der Waals surface area contributed by atoms with Gasteiger partial charge in [-0.05, 0) is 37.0 Å². The van der Waals surface area contributed by atoms with Crippen LogP contribution in [0.3, 0.4) is 0 Å². The zero-order valence-corrected chi connectivity index (χ0v) is 12.4. The Hall–Kier alpha value is -1.87. The lowest BCUT2D eigenvalue weighted by Gasteiger charge is -2.19. The molecule has 3 heterocycles. The van der Waals surface area contributed by atoms with Gasteiger partial charge in [-0.15, -0.1) is 0 Å². The normalized spacial score (nSPS) is 27.9. The third kappa shape index (κ3) is 2.42. The summed E-state index contributed by atoms with van der Waals surface area (Å²) in [5.41, 5.74) is 2.41. The first-order valence-corrected chi connectivity index (χ1v) is 7.82. The van der Waals surface area contributed by atoms with Crippen molar-refractivity contribution >= 4 is 5.82 Å². The number of hydrogen-bond donors (Lipinski definition) is 1. The average molecular weight is 279 g/mol. The lowest BCUT2D eigenvalue weighted by Crippen LogP contribution is -2.33. The van der Waals surface area contributed by atoms with E-state index in [0.717, 1.165) is 24.8 Å². The van der Waals surface area contributed by atoms with Crippen molar-refractivity contribution in [3.8, 4) is 11.1 Å². The van der Waals surface area contributed by atoms with Gasteiger partial charge in [0.25, 0.3) is 0 Å². The zero-order chi connectivity index (χ0) is 14.2. The van der Waals surface area contributed by atoms with Gasteiger partial charge in [0.2, 0.25) is 0 Å². The second kappa shape index (κ2) is 5.15. The van der Waals surface area contributed by atoms with Crippen molar-refractivity contribution in [3.63, 3.8) is 0 Å². The molecular weight excluding hydrogens is 258 g/mol. The van der Waals surface area contributed by atoms with Crippen LogP contribution in [0.2, 0.25) is 0 Å². The minimum atomic E-state index is 0.649. The Balaban J connectivity index is 1.50. The number of anilines is 1. The lowest BCUT2D eigenvalue weighted by molar-refractivity contribution is 0.553. The van der Waals surface area contributed by atoms with E-state index in [-0.39, 0.29) is 0 Å². The maximum atomic E-state index is 4.68. The Morgan fingerprint density at radius 1 is 1.05 bits per heavy atom. The molecule has 21 heavy (non-hydrogen) atoms. The van der Waals surface area contributed by atoms with Crippen LogP contribution in [0.15, 0.2) is 48.7 Å². The Labute approximate surface area is 126 Å². The highest BCUT2D eigenvalue weighted by atomic mass is 15.3. The molecule has 0 radical (unpaired) electrons. The van der Waals surface area contributed by atoms with Gasteiger partial charge in [0, 0.05) is 36.9 Å². The highest BCUT2D eigenvalue weighted by molar-refractivity contribution is 5.63. The second-order valence-electron chi connectivity index (χ2n) is 6.35. The Kier molecular flexibility index (Phi) is 3.15. The van der Waals surface area contributed by atoms with E-state index in [1.54, 1.807) is 0 Å². The van der Waals surface area contributed by atoms with Crippen molar-refractivity contribution in [2.24, 2.45) is 5.92 Å². The van der Waals surface area contributed by atoms with Crippen LogP contribution < -0.4 is 10.2 Å². The molecule has 3 atom stereocenters. The highest BCUT2D eigenvalue weighted by Gasteiger charge is 2.39. The topological polar surface area (TPSA) is 28.2 Å². The number of pyridine rings is 1. The van der Waals surface area contributed by atoms with Crippen LogP contribution in [-0.2, 0) is 0 Å². The molecule has 3 unspecified atom stereocenters. The summed E-state index contributed by atoms with van der Waals surface area (Å²) in [7, 11) is 0. The standard InChI is InChI=1S/C18H21N3/c1-13-9-16-11-21(12-17(16)20-13)18-8-7-15(10-19-18)14-5-3-2-4-6-14/h2-8,10,13,16-17,20H,9,11-12H2,1H3. The summed E-state index contributed by atoms with van der Waals surface area (Å²) in [5.74, 6) is 1.90. The largest absolute Gasteiger partial charge is 0.355 e. The van der Waals surface area contributed by atoms with Crippen molar-refractivity contribution in [3.05, 3.63) is 48.7 Å². The number of fused-ring (bicyclic) bond motifs is 1. The summed E-state index contributed by atoms with van der Waals surface area (Å²) < 4.78 is 0. The molecule has 2 aliphatic rings. The van der Waals surface area contributed by atoms with Gasteiger partial charge in [-0.2, -0.15) is 0 Å². The maximum absolute atomic E-state index is 4.68. The fourth-order valence-electron chi connectivity index (χ4n) is 3.75. The molecule has 0 bridgehead atoms. The number of nitrogens with one attached hydrogen (secondary N) is 1. The maximum Gasteiger partial charge on any atom is 0.128 e. The van der Waals surface area contributed by atoms with Crippen molar-refractivity contribution in [2.45, 2.75) is 25.4 Å². The first kappa shape index (κ1) is 12.8. The van der Waals surface area contributed by atoms with E-state index in [0.29, 0.717) is 12.1 Å². The van der Waals surface area contributed by atoms with Crippen LogP contribution in [0, 0.1) is 5.92 Å². The summed E-state index contributed by atoms with van der Waals surface area (Å²) in [5, 5.41) is 3.68. The van der Waals surface area contributed by atoms with Gasteiger partial charge >= 0.3 is 0 Å². The molecule has 1 aromatic heterocycles. The molecule has 3 heteroatoms. The predicted molar refractivity (Wildman–Crippen MR) is 86.4 cm³/mol. The van der Waals surface area contributed by atoms with Gasteiger partial charge in [0.05, 0.1) is 0 Å². The smallest absolute Gasteiger partial charge is 0.128 e. The first-order chi connectivity index (χ1) is 10.3. The molecular formula is C18H21N3. The first-order valence-electron chi connectivity index (χ1n) is 7.82. The summed E-state index contributed by atoms with van der Waals surface area (Å²) in [4.78, 5) is 7.10. The molecule has 4 rings (SSSR count). The monoisotopic (exact) mass is 279 g/mol. The zero-order valence-electron chi connectivity index (χ0n) is 12.4. The quantitative estimate of drug-likeness (QED) is 0.916. The molecule has 108 valence electrons. The minimum Gasteiger partial charge on any atom is -0.355 e. The molecule has 1 aromatic carbocycles. The third-order valence-corrected chi connectivity index (χ3v) is 4.77. The fraction of sp³-hybridized carbons (Fsp3) is 0.389. The summed E-state index contributed by atoms with van der Waals surface area (Å²) in [6.07, 6.45) is 3.29. The lowest BCUT2D eigenvalue weighted by atomic mass is 10.0. The number of nitrogens with zero attached hydrogens (tertiary/aromatic N) is 2. The second-order valence-corrected chi connectivity index (χ2v) is 6.35. The van der Waals surface area contributed by atoms with E-state index in [9.17, 15) is 0 Å². The Morgan fingerprint density at radius 2 is 1.90 bits per heavy atom. The molecule has 0 aliphatic carbocycles. The number of hydrogen-bond acceptors (Lipinski definition) is 3. The Morgan fingerprint density at radius 3 is 2.62 bits per heavy atom. The van der Waals surface area contributed by atoms with E-state index in [2.05, 4.69) is 58.5 Å². The molecule has 2 saturated heterocycles. The molecule has 0 saturated carbocycles. The van der Waals surface area contributed by atoms with Gasteiger partial charge in [-0.3, -0.25) is 0 Å². The molecule has 2 aliphatic heterocycles. The fourth-order valence-corrected chi connectivity index (χ4v) is 3.75. The SMILES string of the molecule is CC1CC2CN(c3ccc(-c4ccccc4)cn3)CC2N1. The molecule has 2 fully saturated rings. The van der Waals surface area contributed by atoms with Crippen LogP contribution in [-0.4, -0.2) is 30.2 Å². The Bertz CT molecular complexity index is 594. The van der Waals surface area contributed by atoms with Gasteiger partial charge in [0.15, 0.2) is 0 Å². The van der Waals surface area contributed by atoms with Crippen LogP contribution in [0.1, 0.15) is 13.3 Å². The van der Waals surface area contributed by atoms with Crippen molar-refractivity contribution < 1.29 is 0 Å². The van der Waals surface area contributed by atoms with Crippen molar-refractivity contribution in [1.82, 2.24) is 10.3 Å². The number of rotatable bonds is 2. The molecule has 3 nitrogen and oxygen atoms in total. The van der Waals surface area contributed by atoms with Crippen molar-refractivity contribution in [1.29, 1.82) is 0 Å². The van der Waals surface area contributed by atoms with E-state index in [4.69, 9.17) is 0 Å². The average Bonchev–Trinajstić information content (AvgIpc) is 3.06. The van der Waals surface area contributed by atoms with Gasteiger partial charge < -0.3 is 10.2 Å². The molecule has 1 N–H and O–H groups in total. The highest BCUT2D eigenvalue weighted by Crippen LogP contribution is 2.31. The summed E-state index contributed by atoms with van der Waals surface area (Å²) in [6.45, 7) is 4.52. The summed E-state index contributed by atoms with van der Waals surface area (Å²) in [6, 6.07) is 16.1. The third-order valence-electron chi connectivity index (χ3n) is 4.77. The van der Waals surface area contributed by atoms with Crippen molar-refractivity contribution in [2.75, 3.05) is 18.0 Å². The molecule has 2 aromatic rings. The van der Waals surface area contributed by atoms with E-state index >= 15 is 0 Å². The molecule has 0 amide bonds. The van der Waals surface area contributed by atoms with Crippen LogP contribution >= 0.6 is 0 Å². The number of aromatic nitrogens is 1. The summed E-state index contributed by atoms with van der Waals surface area (Å²) >= 11 is 0. The number of benzene rings is 1. The molecule has 0 spiro atoms. The minimum absolute atomic E-state index is 0.649. The van der Waals surface area contributed by atoms with Crippen LogP contribution in [0.4, 0.5) is 5.82 Å². The van der Waals surface area contributed by atoms with E-state index in [1.165, 1.54) is 17.5 Å². The van der Waals surface area contributed by atoms with Gasteiger partial charge in [-0.1, -0.05) is 30.3 Å². The van der Waals surface area contributed by atoms with E-state index in [1.807, 2.05) is 12.3 Å². The predicted octanol–water partition coefficient (Wildman–Crippen LogP) is 2.94. The van der Waals surface area contributed by atoms with Crippen LogP contribution in [0.25, 0.3) is 11.1 Å². The van der Waals surface area contributed by atoms with Gasteiger partial charge in [-0.25, -0.2) is 4.98 Å². The van der Waals surface area contributed by atoms with E-state index < -0.39 is 0 Å². The van der Waals surface area contributed by atoms with Crippen LogP contribution in [0.5, 0.6) is 0 Å².